The topological polar surface area (TPSA) is 69.6 Å². The van der Waals surface area contributed by atoms with Crippen LogP contribution < -0.4 is 5.73 Å². The van der Waals surface area contributed by atoms with E-state index in [2.05, 4.69) is 15.0 Å². The first-order valence-electron chi connectivity index (χ1n) is 4.25. The largest absolute Gasteiger partial charge is 0.382 e. The van der Waals surface area contributed by atoms with Gasteiger partial charge in [0.1, 0.15) is 5.52 Å². The van der Waals surface area contributed by atoms with Gasteiger partial charge in [-0.05, 0) is 13.8 Å². The first-order chi connectivity index (χ1) is 6.59. The van der Waals surface area contributed by atoms with E-state index in [9.17, 15) is 4.39 Å². The van der Waals surface area contributed by atoms with Crippen LogP contribution in [-0.2, 0) is 0 Å². The number of hydrogen-bond donors (Lipinski definition) is 1. The zero-order chi connectivity index (χ0) is 10.3. The lowest BCUT2D eigenvalue weighted by atomic mass is 10.4. The third-order valence-electron chi connectivity index (χ3n) is 1.98. The molecule has 2 heterocycles. The molecule has 0 saturated heterocycles. The molecule has 0 aromatic carbocycles. The number of hydrogen-bond acceptors (Lipinski definition) is 4. The van der Waals surface area contributed by atoms with Crippen LogP contribution in [0.15, 0.2) is 6.33 Å². The summed E-state index contributed by atoms with van der Waals surface area (Å²) < 4.78 is 14.6. The van der Waals surface area contributed by atoms with Crippen LogP contribution in [0.4, 0.5) is 10.2 Å². The molecule has 6 heteroatoms. The van der Waals surface area contributed by atoms with E-state index in [1.165, 1.54) is 0 Å². The Bertz CT molecular complexity index is 476. The lowest BCUT2D eigenvalue weighted by Gasteiger charge is -2.06. The molecular weight excluding hydrogens is 185 g/mol. The van der Waals surface area contributed by atoms with Gasteiger partial charge in [0.15, 0.2) is 11.5 Å². The normalized spacial score (nSPS) is 11.4. The Morgan fingerprint density at radius 1 is 1.43 bits per heavy atom. The zero-order valence-electron chi connectivity index (χ0n) is 7.90. The number of aromatic nitrogens is 4. The zero-order valence-corrected chi connectivity index (χ0v) is 7.90. The average molecular weight is 195 g/mol. The summed E-state index contributed by atoms with van der Waals surface area (Å²) in [7, 11) is 0. The second kappa shape index (κ2) is 2.90. The maximum absolute atomic E-state index is 12.9. The molecule has 0 radical (unpaired) electrons. The van der Waals surface area contributed by atoms with Crippen LogP contribution in [0.1, 0.15) is 19.9 Å². The molecule has 0 aliphatic heterocycles. The molecule has 74 valence electrons. The molecule has 0 atom stereocenters. The third kappa shape index (κ3) is 1.19. The Balaban J connectivity index is 2.78. The fourth-order valence-corrected chi connectivity index (χ4v) is 1.29. The van der Waals surface area contributed by atoms with E-state index in [1.807, 2.05) is 13.8 Å². The van der Waals surface area contributed by atoms with E-state index < -0.39 is 6.08 Å². The molecule has 0 spiro atoms. The van der Waals surface area contributed by atoms with Crippen molar-refractivity contribution in [3.63, 3.8) is 0 Å². The minimum Gasteiger partial charge on any atom is -0.382 e. The van der Waals surface area contributed by atoms with Crippen molar-refractivity contribution in [2.75, 3.05) is 5.73 Å². The SMILES string of the molecule is CC(C)n1cnc2c(N)nc(F)nc21. The summed E-state index contributed by atoms with van der Waals surface area (Å²) in [6, 6.07) is 0.161. The predicted octanol–water partition coefficient (Wildman–Crippen LogP) is 1.13. The van der Waals surface area contributed by atoms with Gasteiger partial charge in [-0.3, -0.25) is 0 Å². The van der Waals surface area contributed by atoms with Crippen LogP contribution in [0.25, 0.3) is 11.2 Å². The van der Waals surface area contributed by atoms with Crippen molar-refractivity contribution in [2.24, 2.45) is 0 Å². The maximum atomic E-state index is 12.9. The van der Waals surface area contributed by atoms with E-state index in [-0.39, 0.29) is 11.9 Å². The third-order valence-corrected chi connectivity index (χ3v) is 1.98. The smallest absolute Gasteiger partial charge is 0.312 e. The number of rotatable bonds is 1. The van der Waals surface area contributed by atoms with Crippen LogP contribution in [0, 0.1) is 6.08 Å². The van der Waals surface area contributed by atoms with Gasteiger partial charge in [-0.25, -0.2) is 4.98 Å². The van der Waals surface area contributed by atoms with Crippen molar-refractivity contribution in [1.82, 2.24) is 19.5 Å². The summed E-state index contributed by atoms with van der Waals surface area (Å²) >= 11 is 0. The van der Waals surface area contributed by atoms with E-state index >= 15 is 0 Å². The van der Waals surface area contributed by atoms with Crippen molar-refractivity contribution >= 4 is 17.0 Å². The molecule has 5 nitrogen and oxygen atoms in total. The van der Waals surface area contributed by atoms with Crippen molar-refractivity contribution in [3.8, 4) is 0 Å². The average Bonchev–Trinajstić information content (AvgIpc) is 2.47. The standard InChI is InChI=1S/C8H10FN5/c1-4(2)14-3-11-5-6(10)12-8(9)13-7(5)14/h3-4H,1-2H3,(H2,10,12,13). The van der Waals surface area contributed by atoms with Crippen LogP contribution in [0.2, 0.25) is 0 Å². The summed E-state index contributed by atoms with van der Waals surface area (Å²) in [5, 5.41) is 0. The van der Waals surface area contributed by atoms with Gasteiger partial charge in [-0.2, -0.15) is 14.4 Å². The maximum Gasteiger partial charge on any atom is 0.312 e. The lowest BCUT2D eigenvalue weighted by molar-refractivity contribution is 0.538. The Morgan fingerprint density at radius 3 is 2.79 bits per heavy atom. The molecular formula is C8H10FN5. The molecule has 2 rings (SSSR count). The van der Waals surface area contributed by atoms with Gasteiger partial charge in [0.2, 0.25) is 0 Å². The second-order valence-corrected chi connectivity index (χ2v) is 3.30. The number of nitrogens with zero attached hydrogens (tertiary/aromatic N) is 4. The summed E-state index contributed by atoms with van der Waals surface area (Å²) in [4.78, 5) is 11.1. The number of imidazole rings is 1. The van der Waals surface area contributed by atoms with E-state index in [0.29, 0.717) is 11.2 Å². The first kappa shape index (κ1) is 8.86. The minimum atomic E-state index is -0.822. The second-order valence-electron chi connectivity index (χ2n) is 3.30. The fraction of sp³-hybridized carbons (Fsp3) is 0.375. The predicted molar refractivity (Wildman–Crippen MR) is 50.1 cm³/mol. The monoisotopic (exact) mass is 195 g/mol. The van der Waals surface area contributed by atoms with Gasteiger partial charge in [0, 0.05) is 6.04 Å². The van der Waals surface area contributed by atoms with Crippen LogP contribution in [0.5, 0.6) is 0 Å². The molecule has 0 saturated carbocycles. The first-order valence-corrected chi connectivity index (χ1v) is 4.25. The molecule has 0 fully saturated rings. The number of fused-ring (bicyclic) bond motifs is 1. The number of halogens is 1. The summed E-state index contributed by atoms with van der Waals surface area (Å²) in [6.07, 6.45) is 0.761. The van der Waals surface area contributed by atoms with Crippen LogP contribution >= 0.6 is 0 Å². The summed E-state index contributed by atoms with van der Waals surface area (Å²) in [5.74, 6) is 0.0758. The highest BCUT2D eigenvalue weighted by Gasteiger charge is 2.12. The molecule has 2 N–H and O–H groups in total. The van der Waals surface area contributed by atoms with E-state index in [4.69, 9.17) is 5.73 Å². The summed E-state index contributed by atoms with van der Waals surface area (Å²) in [6.45, 7) is 3.91. The molecule has 2 aromatic rings. The summed E-state index contributed by atoms with van der Waals surface area (Å²) in [5.41, 5.74) is 6.38. The Morgan fingerprint density at radius 2 is 2.14 bits per heavy atom. The highest BCUT2D eigenvalue weighted by atomic mass is 19.1. The Kier molecular flexibility index (Phi) is 1.83. The van der Waals surface area contributed by atoms with E-state index in [1.54, 1.807) is 10.9 Å². The highest BCUT2D eigenvalue weighted by molar-refractivity contribution is 5.81. The van der Waals surface area contributed by atoms with Gasteiger partial charge in [-0.15, -0.1) is 0 Å². The van der Waals surface area contributed by atoms with Crippen molar-refractivity contribution in [1.29, 1.82) is 0 Å². The molecule has 14 heavy (non-hydrogen) atoms. The fourth-order valence-electron chi connectivity index (χ4n) is 1.29. The lowest BCUT2D eigenvalue weighted by Crippen LogP contribution is -2.03. The minimum absolute atomic E-state index is 0.0758. The van der Waals surface area contributed by atoms with Crippen molar-refractivity contribution in [2.45, 2.75) is 19.9 Å². The van der Waals surface area contributed by atoms with Crippen molar-refractivity contribution in [3.05, 3.63) is 12.4 Å². The van der Waals surface area contributed by atoms with Crippen LogP contribution in [0.3, 0.4) is 0 Å². The van der Waals surface area contributed by atoms with Gasteiger partial charge >= 0.3 is 6.08 Å². The van der Waals surface area contributed by atoms with Gasteiger partial charge < -0.3 is 10.3 Å². The van der Waals surface area contributed by atoms with Crippen molar-refractivity contribution < 1.29 is 4.39 Å². The van der Waals surface area contributed by atoms with E-state index in [0.717, 1.165) is 0 Å². The Labute approximate surface area is 79.8 Å². The molecule has 0 aliphatic carbocycles. The Hall–Kier alpha value is -1.72. The van der Waals surface area contributed by atoms with Crippen LogP contribution in [-0.4, -0.2) is 19.5 Å². The molecule has 0 amide bonds. The molecule has 0 bridgehead atoms. The molecule has 0 aliphatic rings. The molecule has 0 unspecified atom stereocenters. The number of nitrogen functional groups attached to an aromatic ring is 1. The van der Waals surface area contributed by atoms with Gasteiger partial charge in [0.05, 0.1) is 6.33 Å². The molecule has 2 aromatic heterocycles. The quantitative estimate of drug-likeness (QED) is 0.692. The van der Waals surface area contributed by atoms with Gasteiger partial charge in [-0.1, -0.05) is 0 Å². The van der Waals surface area contributed by atoms with Gasteiger partial charge in [0.25, 0.3) is 0 Å². The number of anilines is 1. The number of nitrogens with two attached hydrogens (primary N) is 1. The highest BCUT2D eigenvalue weighted by Crippen LogP contribution is 2.18.